The molecule has 4 atom stereocenters. The molecule has 0 bridgehead atoms. The summed E-state index contributed by atoms with van der Waals surface area (Å²) in [5.74, 6) is -0.790. The molecule has 1 fully saturated rings. The monoisotopic (exact) mass is 564 g/mol. The molecule has 0 saturated carbocycles. The van der Waals surface area contributed by atoms with Gasteiger partial charge in [-0.25, -0.2) is 19.2 Å². The van der Waals surface area contributed by atoms with E-state index in [2.05, 4.69) is 10.3 Å². The number of ether oxygens (including phenoxy) is 4. The van der Waals surface area contributed by atoms with Gasteiger partial charge >= 0.3 is 23.8 Å². The molecule has 0 spiro atoms. The first kappa shape index (κ1) is 30.5. The van der Waals surface area contributed by atoms with Gasteiger partial charge < -0.3 is 39.2 Å². The van der Waals surface area contributed by atoms with Crippen molar-refractivity contribution in [1.29, 1.82) is 0 Å². The Bertz CT molecular complexity index is 1280. The lowest BCUT2D eigenvalue weighted by molar-refractivity contribution is -0.0986. The minimum Gasteiger partial charge on any atom is -0.447 e. The molecule has 3 rings (SSSR count). The normalized spacial score (nSPS) is 21.9. The lowest BCUT2D eigenvalue weighted by Gasteiger charge is -2.27. The third kappa shape index (κ3) is 6.93. The predicted molar refractivity (Wildman–Crippen MR) is 136 cm³/mol. The predicted octanol–water partition coefficient (Wildman–Crippen LogP) is 0.293. The number of aryl methyl sites for hydroxylation is 2. The number of esters is 1. The van der Waals surface area contributed by atoms with Crippen LogP contribution in [-0.4, -0.2) is 99.3 Å². The summed E-state index contributed by atoms with van der Waals surface area (Å²) in [4.78, 5) is 53.7. The number of aliphatic hydroxyl groups is 3. The fraction of sp³-hybridized carbons (Fsp3) is 0.480. The number of rotatable bonds is 9. The number of benzene rings is 1. The highest BCUT2D eigenvalue weighted by Crippen LogP contribution is 2.37. The highest BCUT2D eigenvalue weighted by atomic mass is 16.7. The molecule has 218 valence electrons. The van der Waals surface area contributed by atoms with E-state index in [4.69, 9.17) is 18.9 Å². The number of nitrogens with zero attached hydrogens (tertiary/aromatic N) is 3. The highest BCUT2D eigenvalue weighted by Gasteiger charge is 2.53. The van der Waals surface area contributed by atoms with Crippen LogP contribution in [0.4, 0.5) is 15.4 Å². The van der Waals surface area contributed by atoms with Crippen LogP contribution < -0.4 is 11.0 Å². The van der Waals surface area contributed by atoms with Crippen molar-refractivity contribution in [2.75, 3.05) is 38.9 Å². The molecule has 1 aromatic carbocycles. The highest BCUT2D eigenvalue weighted by molar-refractivity contribution is 5.92. The second kappa shape index (κ2) is 12.9. The van der Waals surface area contributed by atoms with E-state index < -0.39 is 61.3 Å². The summed E-state index contributed by atoms with van der Waals surface area (Å²) in [6.07, 6.45) is -4.47. The first-order valence-corrected chi connectivity index (χ1v) is 12.2. The maximum absolute atomic E-state index is 12.5. The topological polar surface area (TPSA) is 199 Å². The van der Waals surface area contributed by atoms with E-state index in [0.717, 1.165) is 20.6 Å². The number of hydrogen-bond acceptors (Lipinski definition) is 12. The Morgan fingerprint density at radius 1 is 1.18 bits per heavy atom. The van der Waals surface area contributed by atoms with Crippen molar-refractivity contribution < 1.29 is 48.7 Å². The number of nitrogens with one attached hydrogen (secondary N) is 1. The van der Waals surface area contributed by atoms with Crippen molar-refractivity contribution in [1.82, 2.24) is 14.5 Å². The number of carbonyl (C=O) groups excluding carboxylic acids is 3. The average molecular weight is 565 g/mol. The lowest BCUT2D eigenvalue weighted by atomic mass is 9.96. The fourth-order valence-corrected chi connectivity index (χ4v) is 4.01. The summed E-state index contributed by atoms with van der Waals surface area (Å²) in [5, 5.41) is 32.2. The van der Waals surface area contributed by atoms with Gasteiger partial charge in [-0.15, -0.1) is 0 Å². The molecule has 15 nitrogen and oxygen atoms in total. The van der Waals surface area contributed by atoms with Crippen LogP contribution in [0.1, 0.15) is 34.6 Å². The van der Waals surface area contributed by atoms with Gasteiger partial charge in [0.25, 0.3) is 0 Å². The summed E-state index contributed by atoms with van der Waals surface area (Å²) >= 11 is 0. The maximum atomic E-state index is 12.5. The Hall–Kier alpha value is -4.05. The van der Waals surface area contributed by atoms with Crippen LogP contribution in [0.15, 0.2) is 35.3 Å². The number of hydrogen-bond donors (Lipinski definition) is 4. The van der Waals surface area contributed by atoms with Gasteiger partial charge in [-0.2, -0.15) is 4.98 Å². The molecule has 15 heteroatoms. The Morgan fingerprint density at radius 2 is 1.85 bits per heavy atom. The van der Waals surface area contributed by atoms with Gasteiger partial charge in [-0.3, -0.25) is 9.88 Å². The van der Waals surface area contributed by atoms with Gasteiger partial charge in [0.2, 0.25) is 6.79 Å². The number of amides is 2. The van der Waals surface area contributed by atoms with Gasteiger partial charge in [0.1, 0.15) is 30.2 Å². The summed E-state index contributed by atoms with van der Waals surface area (Å²) in [6, 6.07) is 6.58. The molecular formula is C25H32N4O11. The third-order valence-electron chi connectivity index (χ3n) is 6.28. The summed E-state index contributed by atoms with van der Waals surface area (Å²) < 4.78 is 21.2. The zero-order chi connectivity index (χ0) is 29.6. The standard InChI is InChI=1S/C25H32N4O11/c1-14-6-5-7-15(2)18(14)20(32)38-13-39-24(35)28(4)10-11-37-23(34)27-17-8-9-29(22(33)26-17)21-25(3,36)19(31)16(12-30)40-21/h5-9,16,19,21,30-31,36H,10-13H2,1-4H3,(H,26,27,33,34)/t16-,19-,21-,25-/m1/s1. The van der Waals surface area contributed by atoms with Gasteiger partial charge in [-0.1, -0.05) is 18.2 Å². The van der Waals surface area contributed by atoms with Crippen molar-refractivity contribution in [3.8, 4) is 0 Å². The second-order valence-corrected chi connectivity index (χ2v) is 9.29. The van der Waals surface area contributed by atoms with Crippen molar-refractivity contribution in [2.45, 2.75) is 44.8 Å². The van der Waals surface area contributed by atoms with Gasteiger partial charge in [0, 0.05) is 13.2 Å². The zero-order valence-corrected chi connectivity index (χ0v) is 22.4. The van der Waals surface area contributed by atoms with Crippen LogP contribution in [0.25, 0.3) is 0 Å². The number of carbonyl (C=O) groups is 3. The molecule has 1 aromatic heterocycles. The van der Waals surface area contributed by atoms with Crippen molar-refractivity contribution in [2.24, 2.45) is 0 Å². The molecule has 2 amide bonds. The molecule has 0 aliphatic carbocycles. The largest absolute Gasteiger partial charge is 0.447 e. The van der Waals surface area contributed by atoms with Crippen LogP contribution in [0.5, 0.6) is 0 Å². The Labute approximate surface area is 228 Å². The van der Waals surface area contributed by atoms with Crippen molar-refractivity contribution >= 4 is 24.0 Å². The van der Waals surface area contributed by atoms with E-state index in [-0.39, 0.29) is 19.0 Å². The molecule has 1 saturated heterocycles. The smallest absolute Gasteiger partial charge is 0.412 e. The summed E-state index contributed by atoms with van der Waals surface area (Å²) in [5.41, 5.74) is -0.943. The molecule has 2 aromatic rings. The van der Waals surface area contributed by atoms with Gasteiger partial charge in [-0.05, 0) is 38.0 Å². The van der Waals surface area contributed by atoms with E-state index in [0.29, 0.717) is 5.56 Å². The molecule has 2 heterocycles. The van der Waals surface area contributed by atoms with Crippen molar-refractivity contribution in [3.05, 3.63) is 57.6 Å². The number of aliphatic hydroxyl groups excluding tert-OH is 2. The first-order chi connectivity index (χ1) is 18.9. The van der Waals surface area contributed by atoms with Crippen LogP contribution in [0.2, 0.25) is 0 Å². The average Bonchev–Trinajstić information content (AvgIpc) is 3.11. The molecule has 1 aliphatic rings. The van der Waals surface area contributed by atoms with Crippen LogP contribution in [-0.2, 0) is 18.9 Å². The SMILES string of the molecule is Cc1cccc(C)c1C(=O)OCOC(=O)N(C)CCOC(=O)Nc1ccn([C@@H]2O[C@H](CO)[C@@H](O)[C@@]2(C)O)c(=O)n1. The molecule has 40 heavy (non-hydrogen) atoms. The maximum Gasteiger partial charge on any atom is 0.412 e. The zero-order valence-electron chi connectivity index (χ0n) is 22.4. The quantitative estimate of drug-likeness (QED) is 0.240. The Balaban J connectivity index is 1.42. The van der Waals surface area contributed by atoms with Gasteiger partial charge in [0.05, 0.1) is 18.7 Å². The van der Waals surface area contributed by atoms with E-state index >= 15 is 0 Å². The third-order valence-corrected chi connectivity index (χ3v) is 6.28. The first-order valence-electron chi connectivity index (χ1n) is 12.2. The molecular weight excluding hydrogens is 532 g/mol. The van der Waals surface area contributed by atoms with Crippen LogP contribution in [0, 0.1) is 13.8 Å². The molecule has 4 N–H and O–H groups in total. The Morgan fingerprint density at radius 3 is 2.45 bits per heavy atom. The lowest BCUT2D eigenvalue weighted by Crippen LogP contribution is -2.46. The minimum absolute atomic E-state index is 0.0609. The van der Waals surface area contributed by atoms with Crippen LogP contribution >= 0.6 is 0 Å². The van der Waals surface area contributed by atoms with Crippen molar-refractivity contribution in [3.63, 3.8) is 0 Å². The second-order valence-electron chi connectivity index (χ2n) is 9.29. The van der Waals surface area contributed by atoms with Gasteiger partial charge in [0.15, 0.2) is 6.23 Å². The molecule has 1 aliphatic heterocycles. The van der Waals surface area contributed by atoms with E-state index in [1.54, 1.807) is 26.0 Å². The van der Waals surface area contributed by atoms with Crippen LogP contribution in [0.3, 0.4) is 0 Å². The summed E-state index contributed by atoms with van der Waals surface area (Å²) in [7, 11) is 1.39. The van der Waals surface area contributed by atoms with E-state index in [1.807, 2.05) is 6.07 Å². The minimum atomic E-state index is -1.89. The molecule has 0 unspecified atom stereocenters. The number of anilines is 1. The van der Waals surface area contributed by atoms with E-state index in [1.165, 1.54) is 26.2 Å². The molecule has 0 radical (unpaired) electrons. The number of likely N-dealkylation sites (N-methyl/N-ethyl adjacent to an activating group) is 1. The van der Waals surface area contributed by atoms with E-state index in [9.17, 15) is 34.5 Å². The fourth-order valence-electron chi connectivity index (χ4n) is 4.01. The number of aromatic nitrogens is 2. The Kier molecular flexibility index (Phi) is 9.81. The summed E-state index contributed by atoms with van der Waals surface area (Å²) in [6.45, 7) is 3.30.